The van der Waals surface area contributed by atoms with Gasteiger partial charge in [-0.15, -0.1) is 0 Å². The topological polar surface area (TPSA) is 72.4 Å². The van der Waals surface area contributed by atoms with Crippen LogP contribution in [0, 0.1) is 10.1 Å². The minimum Gasteiger partial charge on any atom is -0.440 e. The zero-order valence-electron chi connectivity index (χ0n) is 13.4. The number of hydrogen-bond donors (Lipinski definition) is 0. The van der Waals surface area contributed by atoms with Gasteiger partial charge in [-0.25, -0.2) is 4.98 Å². The predicted octanol–water partition coefficient (Wildman–Crippen LogP) is 4.77. The molecule has 0 saturated carbocycles. The van der Waals surface area contributed by atoms with Gasteiger partial charge in [0.1, 0.15) is 11.2 Å². The highest BCUT2D eigenvalue weighted by Gasteiger charge is 2.27. The summed E-state index contributed by atoms with van der Waals surface area (Å²) in [5, 5.41) is 11.9. The van der Waals surface area contributed by atoms with Crippen molar-refractivity contribution >= 4 is 34.1 Å². The number of anilines is 1. The molecule has 0 bridgehead atoms. The molecule has 0 amide bonds. The van der Waals surface area contributed by atoms with E-state index < -0.39 is 0 Å². The number of rotatable bonds is 3. The molecule has 0 spiro atoms. The molecule has 7 heteroatoms. The molecule has 4 rings (SSSR count). The minimum atomic E-state index is -0.327. The average molecular weight is 358 g/mol. The summed E-state index contributed by atoms with van der Waals surface area (Å²) < 4.78 is 5.87. The second-order valence-corrected chi connectivity index (χ2v) is 6.61. The summed E-state index contributed by atoms with van der Waals surface area (Å²) in [6, 6.07) is 12.3. The lowest BCUT2D eigenvalue weighted by Gasteiger charge is -2.31. The molecule has 0 atom stereocenters. The molecule has 2 aromatic carbocycles. The Bertz CT molecular complexity index is 932. The van der Waals surface area contributed by atoms with Crippen molar-refractivity contribution in [1.29, 1.82) is 0 Å². The van der Waals surface area contributed by atoms with Crippen LogP contribution in [0.2, 0.25) is 5.02 Å². The zero-order valence-corrected chi connectivity index (χ0v) is 14.1. The highest BCUT2D eigenvalue weighted by molar-refractivity contribution is 6.31. The van der Waals surface area contributed by atoms with Gasteiger partial charge in [0.05, 0.1) is 4.92 Å². The second-order valence-electron chi connectivity index (χ2n) is 6.17. The van der Waals surface area contributed by atoms with Gasteiger partial charge in [0.2, 0.25) is 0 Å². The molecular weight excluding hydrogens is 342 g/mol. The van der Waals surface area contributed by atoms with Crippen LogP contribution < -0.4 is 4.90 Å². The normalized spacial score (nSPS) is 15.6. The lowest BCUT2D eigenvalue weighted by molar-refractivity contribution is -0.384. The average Bonchev–Trinajstić information content (AvgIpc) is 3.05. The van der Waals surface area contributed by atoms with E-state index in [-0.39, 0.29) is 16.5 Å². The van der Waals surface area contributed by atoms with Gasteiger partial charge in [-0.05, 0) is 37.1 Å². The van der Waals surface area contributed by atoms with Crippen molar-refractivity contribution in [3.05, 3.63) is 63.5 Å². The third-order valence-electron chi connectivity index (χ3n) is 4.63. The van der Waals surface area contributed by atoms with E-state index >= 15 is 0 Å². The molecule has 6 nitrogen and oxygen atoms in total. The highest BCUT2D eigenvalue weighted by atomic mass is 35.5. The summed E-state index contributed by atoms with van der Waals surface area (Å²) in [6.45, 7) is 1.46. The highest BCUT2D eigenvalue weighted by Crippen LogP contribution is 2.35. The summed E-state index contributed by atoms with van der Waals surface area (Å²) in [5.74, 6) is 0.935. The maximum Gasteiger partial charge on any atom is 0.292 e. The van der Waals surface area contributed by atoms with Crippen LogP contribution in [-0.4, -0.2) is 23.0 Å². The summed E-state index contributed by atoms with van der Waals surface area (Å²) in [4.78, 5) is 17.5. The number of nitro benzene ring substituents is 1. The third-order valence-corrected chi connectivity index (χ3v) is 4.86. The van der Waals surface area contributed by atoms with Crippen LogP contribution in [0.25, 0.3) is 11.1 Å². The largest absolute Gasteiger partial charge is 0.440 e. The Balaban J connectivity index is 1.52. The number of para-hydroxylation sites is 2. The fourth-order valence-electron chi connectivity index (χ4n) is 3.35. The zero-order chi connectivity index (χ0) is 17.4. The van der Waals surface area contributed by atoms with Gasteiger partial charge < -0.3 is 9.32 Å². The minimum absolute atomic E-state index is 0.150. The Kier molecular flexibility index (Phi) is 4.05. The molecule has 1 fully saturated rings. The third kappa shape index (κ3) is 3.05. The van der Waals surface area contributed by atoms with E-state index in [4.69, 9.17) is 16.0 Å². The van der Waals surface area contributed by atoms with E-state index in [1.54, 1.807) is 30.3 Å². The van der Waals surface area contributed by atoms with Gasteiger partial charge in [0.15, 0.2) is 11.5 Å². The van der Waals surface area contributed by atoms with E-state index in [0.717, 1.165) is 42.9 Å². The number of nitro groups is 1. The Labute approximate surface area is 149 Å². The van der Waals surface area contributed by atoms with Gasteiger partial charge >= 0.3 is 0 Å². The van der Waals surface area contributed by atoms with E-state index in [0.29, 0.717) is 10.7 Å². The lowest BCUT2D eigenvalue weighted by atomic mass is 9.96. The van der Waals surface area contributed by atoms with Gasteiger partial charge in [0, 0.05) is 30.1 Å². The van der Waals surface area contributed by atoms with E-state index in [1.807, 2.05) is 12.1 Å². The van der Waals surface area contributed by atoms with Crippen LogP contribution in [-0.2, 0) is 0 Å². The first-order chi connectivity index (χ1) is 12.1. The number of aromatic nitrogens is 1. The number of halogens is 1. The fraction of sp³-hybridized carbons (Fsp3) is 0.278. The maximum absolute atomic E-state index is 11.2. The summed E-state index contributed by atoms with van der Waals surface area (Å²) >= 11 is 6.00. The second kappa shape index (κ2) is 6.37. The fourth-order valence-corrected chi connectivity index (χ4v) is 3.51. The van der Waals surface area contributed by atoms with Crippen molar-refractivity contribution in [3.63, 3.8) is 0 Å². The van der Waals surface area contributed by atoms with E-state index in [9.17, 15) is 10.1 Å². The SMILES string of the molecule is O=[N+]([O-])c1ccccc1N1CCC(c2nc3cc(Cl)ccc3o2)CC1. The first-order valence-corrected chi connectivity index (χ1v) is 8.54. The smallest absolute Gasteiger partial charge is 0.292 e. The van der Waals surface area contributed by atoms with Crippen molar-refractivity contribution in [3.8, 4) is 0 Å². The quantitative estimate of drug-likeness (QED) is 0.498. The number of fused-ring (bicyclic) bond motifs is 1. The molecule has 1 aliphatic heterocycles. The first-order valence-electron chi connectivity index (χ1n) is 8.16. The molecule has 0 N–H and O–H groups in total. The Hall–Kier alpha value is -2.60. The van der Waals surface area contributed by atoms with E-state index in [1.165, 1.54) is 0 Å². The van der Waals surface area contributed by atoms with E-state index in [2.05, 4.69) is 9.88 Å². The maximum atomic E-state index is 11.2. The molecular formula is C18H16ClN3O3. The molecule has 0 aliphatic carbocycles. The summed E-state index contributed by atoms with van der Waals surface area (Å²) in [7, 11) is 0. The Morgan fingerprint density at radius 3 is 2.72 bits per heavy atom. The van der Waals surface area contributed by atoms with Crippen molar-refractivity contribution in [2.45, 2.75) is 18.8 Å². The molecule has 0 radical (unpaired) electrons. The van der Waals surface area contributed by atoms with Crippen molar-refractivity contribution in [2.24, 2.45) is 0 Å². The number of nitrogens with zero attached hydrogens (tertiary/aromatic N) is 3. The van der Waals surface area contributed by atoms with Crippen molar-refractivity contribution < 1.29 is 9.34 Å². The molecule has 1 aliphatic rings. The summed E-state index contributed by atoms with van der Waals surface area (Å²) in [6.07, 6.45) is 1.68. The molecule has 3 aromatic rings. The monoisotopic (exact) mass is 357 g/mol. The molecule has 0 unspecified atom stereocenters. The van der Waals surface area contributed by atoms with Gasteiger partial charge in [-0.2, -0.15) is 0 Å². The van der Waals surface area contributed by atoms with Crippen LogP contribution in [0.1, 0.15) is 24.7 Å². The first kappa shape index (κ1) is 15.9. The van der Waals surface area contributed by atoms with Crippen LogP contribution in [0.3, 0.4) is 0 Å². The molecule has 1 aromatic heterocycles. The predicted molar refractivity (Wildman–Crippen MR) is 96.3 cm³/mol. The molecule has 128 valence electrons. The number of benzene rings is 2. The van der Waals surface area contributed by atoms with Crippen LogP contribution >= 0.6 is 11.6 Å². The summed E-state index contributed by atoms with van der Waals surface area (Å²) in [5.41, 5.74) is 2.33. The molecule has 25 heavy (non-hydrogen) atoms. The van der Waals surface area contributed by atoms with Crippen molar-refractivity contribution in [1.82, 2.24) is 4.98 Å². The number of piperidine rings is 1. The molecule has 1 saturated heterocycles. The number of oxazole rings is 1. The Morgan fingerprint density at radius 1 is 1.20 bits per heavy atom. The van der Waals surface area contributed by atoms with Gasteiger partial charge in [-0.3, -0.25) is 10.1 Å². The van der Waals surface area contributed by atoms with Crippen LogP contribution in [0.5, 0.6) is 0 Å². The lowest BCUT2D eigenvalue weighted by Crippen LogP contribution is -2.33. The number of hydrogen-bond acceptors (Lipinski definition) is 5. The standard InChI is InChI=1S/C18H16ClN3O3/c19-13-5-6-17-14(11-13)20-18(25-17)12-7-9-21(10-8-12)15-3-1-2-4-16(15)22(23)24/h1-6,11-12H,7-10H2. The van der Waals surface area contributed by atoms with Gasteiger partial charge in [-0.1, -0.05) is 23.7 Å². The Morgan fingerprint density at radius 2 is 1.96 bits per heavy atom. The van der Waals surface area contributed by atoms with Crippen LogP contribution in [0.4, 0.5) is 11.4 Å². The molecule has 2 heterocycles. The van der Waals surface area contributed by atoms with Gasteiger partial charge in [0.25, 0.3) is 5.69 Å². The van der Waals surface area contributed by atoms with Crippen LogP contribution in [0.15, 0.2) is 46.9 Å². The van der Waals surface area contributed by atoms with Crippen molar-refractivity contribution in [2.75, 3.05) is 18.0 Å².